The van der Waals surface area contributed by atoms with E-state index >= 15 is 0 Å². The number of nitrogens with zero attached hydrogens (tertiary/aromatic N) is 1. The Bertz CT molecular complexity index is 439. The van der Waals surface area contributed by atoms with Crippen LogP contribution in [0, 0.1) is 5.82 Å². The summed E-state index contributed by atoms with van der Waals surface area (Å²) in [5.74, 6) is 0.692. The van der Waals surface area contributed by atoms with Gasteiger partial charge in [-0.3, -0.25) is 4.99 Å². The first-order chi connectivity index (χ1) is 9.79. The van der Waals surface area contributed by atoms with Crippen molar-refractivity contribution in [1.29, 1.82) is 0 Å². The first-order valence-electron chi connectivity index (χ1n) is 7.50. The molecule has 1 saturated carbocycles. The molecule has 1 aliphatic carbocycles. The van der Waals surface area contributed by atoms with Gasteiger partial charge in [0.1, 0.15) is 5.82 Å². The maximum atomic E-state index is 13.5. The summed E-state index contributed by atoms with van der Waals surface area (Å²) in [5.41, 5.74) is 0.744. The number of hydrogen-bond donors (Lipinski definition) is 2. The quantitative estimate of drug-likeness (QED) is 0.656. The molecule has 0 aliphatic heterocycles. The molecule has 0 aromatic heterocycles. The van der Waals surface area contributed by atoms with Gasteiger partial charge in [-0.25, -0.2) is 4.39 Å². The van der Waals surface area contributed by atoms with E-state index in [1.807, 2.05) is 12.1 Å². The highest BCUT2D eigenvalue weighted by atomic mass is 19.1. The van der Waals surface area contributed by atoms with E-state index in [9.17, 15) is 4.39 Å². The smallest absolute Gasteiger partial charge is 0.191 e. The first kappa shape index (κ1) is 14.8. The molecule has 4 heteroatoms. The van der Waals surface area contributed by atoms with Crippen molar-refractivity contribution in [2.45, 2.75) is 44.6 Å². The maximum Gasteiger partial charge on any atom is 0.191 e. The molecule has 1 aliphatic rings. The fourth-order valence-electron chi connectivity index (χ4n) is 2.65. The minimum Gasteiger partial charge on any atom is -0.356 e. The van der Waals surface area contributed by atoms with Crippen molar-refractivity contribution < 1.29 is 4.39 Å². The van der Waals surface area contributed by atoms with E-state index in [-0.39, 0.29) is 5.82 Å². The van der Waals surface area contributed by atoms with Crippen LogP contribution in [0.4, 0.5) is 4.39 Å². The Balaban J connectivity index is 1.75. The molecular weight excluding hydrogens is 253 g/mol. The Morgan fingerprint density at radius 3 is 2.70 bits per heavy atom. The van der Waals surface area contributed by atoms with Crippen LogP contribution in [0.2, 0.25) is 0 Å². The number of hydrogen-bond acceptors (Lipinski definition) is 1. The third-order valence-corrected chi connectivity index (χ3v) is 3.81. The first-order valence-corrected chi connectivity index (χ1v) is 7.50. The molecule has 0 unspecified atom stereocenters. The molecule has 2 N–H and O–H groups in total. The molecular formula is C16H24FN3. The second-order valence-corrected chi connectivity index (χ2v) is 5.32. The number of nitrogens with one attached hydrogen (secondary N) is 2. The molecule has 0 radical (unpaired) electrons. The van der Waals surface area contributed by atoms with E-state index in [1.165, 1.54) is 38.2 Å². The summed E-state index contributed by atoms with van der Waals surface area (Å²) in [6, 6.07) is 7.45. The normalized spacial score (nSPS) is 17.0. The van der Waals surface area contributed by atoms with E-state index < -0.39 is 0 Å². The van der Waals surface area contributed by atoms with E-state index in [2.05, 4.69) is 15.6 Å². The fourth-order valence-corrected chi connectivity index (χ4v) is 2.65. The lowest BCUT2D eigenvalue weighted by Crippen LogP contribution is -2.44. The summed E-state index contributed by atoms with van der Waals surface area (Å²) in [4.78, 5) is 4.24. The summed E-state index contributed by atoms with van der Waals surface area (Å²) in [5, 5.41) is 6.72. The van der Waals surface area contributed by atoms with Gasteiger partial charge in [0.2, 0.25) is 0 Å². The molecule has 1 aromatic carbocycles. The van der Waals surface area contributed by atoms with Crippen LogP contribution < -0.4 is 10.6 Å². The molecule has 0 amide bonds. The van der Waals surface area contributed by atoms with Crippen molar-refractivity contribution in [2.24, 2.45) is 4.99 Å². The highest BCUT2D eigenvalue weighted by molar-refractivity contribution is 5.79. The zero-order valence-electron chi connectivity index (χ0n) is 12.2. The molecule has 1 fully saturated rings. The summed E-state index contributed by atoms with van der Waals surface area (Å²) in [6.45, 7) is 0.688. The minimum atomic E-state index is -0.135. The molecule has 3 nitrogen and oxygen atoms in total. The van der Waals surface area contributed by atoms with E-state index in [1.54, 1.807) is 13.1 Å². The molecule has 0 spiro atoms. The Morgan fingerprint density at radius 2 is 2.00 bits per heavy atom. The summed E-state index contributed by atoms with van der Waals surface area (Å²) >= 11 is 0. The number of halogens is 1. The Hall–Kier alpha value is -1.58. The highest BCUT2D eigenvalue weighted by Crippen LogP contribution is 2.17. The van der Waals surface area contributed by atoms with Crippen LogP contribution in [0.25, 0.3) is 0 Å². The zero-order valence-corrected chi connectivity index (χ0v) is 12.2. The average Bonchev–Trinajstić information content (AvgIpc) is 2.49. The molecule has 0 saturated heterocycles. The van der Waals surface area contributed by atoms with Gasteiger partial charge < -0.3 is 10.6 Å². The van der Waals surface area contributed by atoms with Crippen LogP contribution in [0.5, 0.6) is 0 Å². The van der Waals surface area contributed by atoms with Gasteiger partial charge in [-0.15, -0.1) is 0 Å². The molecule has 110 valence electrons. The monoisotopic (exact) mass is 277 g/mol. The largest absolute Gasteiger partial charge is 0.356 e. The van der Waals surface area contributed by atoms with Crippen LogP contribution in [0.1, 0.15) is 37.7 Å². The standard InChI is InChI=1S/C16H24FN3/c1-18-16(20-14-8-3-2-4-9-14)19-12-11-13-7-5-6-10-15(13)17/h5-7,10,14H,2-4,8-9,11-12H2,1H3,(H2,18,19,20). The van der Waals surface area contributed by atoms with Crippen molar-refractivity contribution in [3.63, 3.8) is 0 Å². The van der Waals surface area contributed by atoms with Gasteiger partial charge in [0.15, 0.2) is 5.96 Å². The second kappa shape index (κ2) is 7.88. The van der Waals surface area contributed by atoms with Crippen molar-refractivity contribution in [3.05, 3.63) is 35.6 Å². The number of benzene rings is 1. The summed E-state index contributed by atoms with van der Waals surface area (Å²) in [7, 11) is 1.78. The van der Waals surface area contributed by atoms with Crippen LogP contribution in [0.3, 0.4) is 0 Å². The molecule has 2 rings (SSSR count). The molecule has 20 heavy (non-hydrogen) atoms. The van der Waals surface area contributed by atoms with Crippen LogP contribution in [-0.2, 0) is 6.42 Å². The molecule has 0 bridgehead atoms. The van der Waals surface area contributed by atoms with Crippen LogP contribution in [-0.4, -0.2) is 25.6 Å². The van der Waals surface area contributed by atoms with Crippen molar-refractivity contribution >= 4 is 5.96 Å². The van der Waals surface area contributed by atoms with Crippen LogP contribution in [0.15, 0.2) is 29.3 Å². The zero-order chi connectivity index (χ0) is 14.2. The Morgan fingerprint density at radius 1 is 1.25 bits per heavy atom. The van der Waals surface area contributed by atoms with Crippen molar-refractivity contribution in [1.82, 2.24) is 10.6 Å². The third kappa shape index (κ3) is 4.51. The topological polar surface area (TPSA) is 36.4 Å². The van der Waals surface area contributed by atoms with E-state index in [0.717, 1.165) is 11.5 Å². The van der Waals surface area contributed by atoms with Gasteiger partial charge in [0.25, 0.3) is 0 Å². The molecule has 1 aromatic rings. The number of rotatable bonds is 4. The predicted molar refractivity (Wildman–Crippen MR) is 81.5 cm³/mol. The van der Waals surface area contributed by atoms with Gasteiger partial charge in [0, 0.05) is 19.6 Å². The average molecular weight is 277 g/mol. The maximum absolute atomic E-state index is 13.5. The van der Waals surface area contributed by atoms with Gasteiger partial charge in [-0.2, -0.15) is 0 Å². The highest BCUT2D eigenvalue weighted by Gasteiger charge is 2.14. The second-order valence-electron chi connectivity index (χ2n) is 5.32. The lowest BCUT2D eigenvalue weighted by Gasteiger charge is -2.24. The molecule has 0 atom stereocenters. The van der Waals surface area contributed by atoms with E-state index in [4.69, 9.17) is 0 Å². The van der Waals surface area contributed by atoms with Gasteiger partial charge in [-0.05, 0) is 30.9 Å². The minimum absolute atomic E-state index is 0.135. The SMILES string of the molecule is CN=C(NCCc1ccccc1F)NC1CCCCC1. The van der Waals surface area contributed by atoms with Crippen molar-refractivity contribution in [3.8, 4) is 0 Å². The van der Waals surface area contributed by atoms with Crippen LogP contribution >= 0.6 is 0 Å². The molecule has 0 heterocycles. The Kier molecular flexibility index (Phi) is 5.84. The fraction of sp³-hybridized carbons (Fsp3) is 0.562. The number of guanidine groups is 1. The lowest BCUT2D eigenvalue weighted by molar-refractivity contribution is 0.410. The predicted octanol–water partition coefficient (Wildman–Crippen LogP) is 2.87. The van der Waals surface area contributed by atoms with Gasteiger partial charge in [-0.1, -0.05) is 37.5 Å². The third-order valence-electron chi connectivity index (χ3n) is 3.81. The summed E-state index contributed by atoms with van der Waals surface area (Å²) in [6.07, 6.45) is 7.03. The summed E-state index contributed by atoms with van der Waals surface area (Å²) < 4.78 is 13.5. The van der Waals surface area contributed by atoms with E-state index in [0.29, 0.717) is 19.0 Å². The van der Waals surface area contributed by atoms with Crippen molar-refractivity contribution in [2.75, 3.05) is 13.6 Å². The van der Waals surface area contributed by atoms with Gasteiger partial charge in [0.05, 0.1) is 0 Å². The number of aliphatic imine (C=N–C) groups is 1. The lowest BCUT2D eigenvalue weighted by atomic mass is 9.96. The Labute approximate surface area is 120 Å². The van der Waals surface area contributed by atoms with Gasteiger partial charge >= 0.3 is 0 Å².